The van der Waals surface area contributed by atoms with Crippen LogP contribution in [0.5, 0.6) is 0 Å². The number of carboxylic acid groups (broad SMARTS) is 1. The fourth-order valence-electron chi connectivity index (χ4n) is 4.63. The highest BCUT2D eigenvalue weighted by Crippen LogP contribution is 2.38. The quantitative estimate of drug-likeness (QED) is 0.660. The molecule has 1 aliphatic carbocycles. The topological polar surface area (TPSA) is 57.6 Å². The number of piperidine rings is 1. The van der Waals surface area contributed by atoms with E-state index in [9.17, 15) is 14.7 Å². The maximum absolute atomic E-state index is 12.7. The number of carboxylic acids is 1. The Bertz CT molecular complexity index is 931. The molecule has 0 spiro atoms. The number of carbonyl (C=O) groups excluding carboxylic acids is 1. The number of rotatable bonds is 5. The number of nitrogens with zero attached hydrogens (tertiary/aromatic N) is 1. The van der Waals surface area contributed by atoms with Crippen molar-refractivity contribution in [3.63, 3.8) is 0 Å². The molecular formula is C23H23Cl2NO3. The number of aliphatic carboxylic acids is 1. The average molecular weight is 432 g/mol. The van der Waals surface area contributed by atoms with Gasteiger partial charge in [0.25, 0.3) is 0 Å². The molecule has 152 valence electrons. The second kappa shape index (κ2) is 8.47. The van der Waals surface area contributed by atoms with Crippen LogP contribution in [0.25, 0.3) is 0 Å². The van der Waals surface area contributed by atoms with E-state index in [0.29, 0.717) is 34.5 Å². The Morgan fingerprint density at radius 2 is 1.72 bits per heavy atom. The molecule has 0 aromatic heterocycles. The molecule has 4 rings (SSSR count). The zero-order chi connectivity index (χ0) is 20.5. The Morgan fingerprint density at radius 3 is 2.38 bits per heavy atom. The normalized spacial score (nSPS) is 19.9. The fourth-order valence-corrected chi connectivity index (χ4v) is 5.24. The van der Waals surface area contributed by atoms with Crippen LogP contribution in [0.15, 0.2) is 36.4 Å². The Labute approximate surface area is 180 Å². The molecule has 4 nitrogen and oxygen atoms in total. The van der Waals surface area contributed by atoms with Crippen molar-refractivity contribution in [2.75, 3.05) is 13.1 Å². The van der Waals surface area contributed by atoms with E-state index in [1.54, 1.807) is 18.2 Å². The third-order valence-electron chi connectivity index (χ3n) is 6.18. The highest BCUT2D eigenvalue weighted by Gasteiger charge is 2.32. The number of aryl methyl sites for hydroxylation is 1. The predicted molar refractivity (Wildman–Crippen MR) is 114 cm³/mol. The van der Waals surface area contributed by atoms with Crippen LogP contribution in [0, 0.1) is 5.92 Å². The van der Waals surface area contributed by atoms with Gasteiger partial charge in [0.05, 0.1) is 21.5 Å². The van der Waals surface area contributed by atoms with Crippen molar-refractivity contribution in [2.45, 2.75) is 38.1 Å². The maximum Gasteiger partial charge on any atom is 0.306 e. The molecule has 29 heavy (non-hydrogen) atoms. The van der Waals surface area contributed by atoms with Gasteiger partial charge in [0.15, 0.2) is 5.78 Å². The lowest BCUT2D eigenvalue weighted by Crippen LogP contribution is -2.38. The first-order chi connectivity index (χ1) is 13.9. The van der Waals surface area contributed by atoms with Crippen molar-refractivity contribution >= 4 is 35.0 Å². The van der Waals surface area contributed by atoms with Crippen molar-refractivity contribution in [3.8, 4) is 0 Å². The van der Waals surface area contributed by atoms with Crippen LogP contribution in [-0.2, 0) is 17.6 Å². The summed E-state index contributed by atoms with van der Waals surface area (Å²) in [6, 6.07) is 11.7. The van der Waals surface area contributed by atoms with Crippen molar-refractivity contribution in [2.24, 2.45) is 5.92 Å². The first-order valence-electron chi connectivity index (χ1n) is 10.00. The van der Waals surface area contributed by atoms with Crippen molar-refractivity contribution in [1.29, 1.82) is 0 Å². The number of ketones is 1. The lowest BCUT2D eigenvalue weighted by Gasteiger charge is -2.35. The van der Waals surface area contributed by atoms with Gasteiger partial charge < -0.3 is 5.11 Å². The standard InChI is InChI=1S/C23H23Cl2NO3/c24-18-2-1-3-19(25)22(18)21(27)13-14-4-6-17-16(12-14)5-7-20(17)26-10-8-15(9-11-26)23(28)29/h1-4,6,12,15,20H,5,7-11,13H2,(H,28,29). The molecule has 0 radical (unpaired) electrons. The second-order valence-corrected chi connectivity index (χ2v) is 8.75. The Kier molecular flexibility index (Phi) is 5.95. The van der Waals surface area contributed by atoms with E-state index in [-0.39, 0.29) is 18.1 Å². The second-order valence-electron chi connectivity index (χ2n) is 7.93. The molecule has 6 heteroatoms. The summed E-state index contributed by atoms with van der Waals surface area (Å²) in [5.74, 6) is -0.965. The minimum atomic E-state index is -0.676. The molecule has 1 N–H and O–H groups in total. The van der Waals surface area contributed by atoms with E-state index in [4.69, 9.17) is 23.2 Å². The smallest absolute Gasteiger partial charge is 0.306 e. The largest absolute Gasteiger partial charge is 0.481 e. The fraction of sp³-hybridized carbons (Fsp3) is 0.391. The first kappa shape index (κ1) is 20.4. The van der Waals surface area contributed by atoms with Gasteiger partial charge in [-0.15, -0.1) is 0 Å². The molecule has 1 fully saturated rings. The van der Waals surface area contributed by atoms with Crippen molar-refractivity contribution in [1.82, 2.24) is 4.90 Å². The molecule has 1 heterocycles. The van der Waals surface area contributed by atoms with E-state index in [2.05, 4.69) is 17.0 Å². The maximum atomic E-state index is 12.7. The number of likely N-dealkylation sites (tertiary alicyclic amines) is 1. The van der Waals surface area contributed by atoms with Gasteiger partial charge in [0, 0.05) is 12.5 Å². The summed E-state index contributed by atoms with van der Waals surface area (Å²) in [5, 5.41) is 9.97. The SMILES string of the molecule is O=C(Cc1ccc2c(c1)CCC2N1CCC(C(=O)O)CC1)c1c(Cl)cccc1Cl. The zero-order valence-electron chi connectivity index (χ0n) is 16.0. The van der Waals surface area contributed by atoms with Crippen LogP contribution in [-0.4, -0.2) is 34.8 Å². The zero-order valence-corrected chi connectivity index (χ0v) is 17.5. The summed E-state index contributed by atoms with van der Waals surface area (Å²) < 4.78 is 0. The third-order valence-corrected chi connectivity index (χ3v) is 6.81. The van der Waals surface area contributed by atoms with Crippen LogP contribution < -0.4 is 0 Å². The molecular weight excluding hydrogens is 409 g/mol. The lowest BCUT2D eigenvalue weighted by atomic mass is 9.94. The molecule has 1 atom stereocenters. The van der Waals surface area contributed by atoms with Gasteiger partial charge in [-0.05, 0) is 67.6 Å². The minimum absolute atomic E-state index is 0.0779. The summed E-state index contributed by atoms with van der Waals surface area (Å²) in [6.45, 7) is 1.65. The number of hydrogen-bond acceptors (Lipinski definition) is 3. The Balaban J connectivity index is 1.46. The van der Waals surface area contributed by atoms with E-state index < -0.39 is 5.97 Å². The molecule has 0 bridgehead atoms. The highest BCUT2D eigenvalue weighted by molar-refractivity contribution is 6.39. The van der Waals surface area contributed by atoms with Gasteiger partial charge in [0.1, 0.15) is 0 Å². The summed E-state index contributed by atoms with van der Waals surface area (Å²) in [6.07, 6.45) is 3.72. The molecule has 2 aromatic carbocycles. The predicted octanol–water partition coefficient (Wildman–Crippen LogP) is 5.20. The van der Waals surface area contributed by atoms with E-state index >= 15 is 0 Å². The number of carbonyl (C=O) groups is 2. The minimum Gasteiger partial charge on any atom is -0.481 e. The number of halogens is 2. The van der Waals surface area contributed by atoms with E-state index in [0.717, 1.165) is 31.5 Å². The number of fused-ring (bicyclic) bond motifs is 1. The molecule has 1 aliphatic heterocycles. The molecule has 2 aliphatic rings. The number of benzene rings is 2. The van der Waals surface area contributed by atoms with Crippen LogP contribution >= 0.6 is 23.2 Å². The van der Waals surface area contributed by atoms with E-state index in [1.165, 1.54) is 11.1 Å². The summed E-state index contributed by atoms with van der Waals surface area (Å²) in [4.78, 5) is 26.3. The molecule has 2 aromatic rings. The van der Waals surface area contributed by atoms with Crippen LogP contribution in [0.2, 0.25) is 10.0 Å². The van der Waals surface area contributed by atoms with Crippen LogP contribution in [0.1, 0.15) is 52.4 Å². The summed E-state index contributed by atoms with van der Waals surface area (Å²) >= 11 is 12.3. The van der Waals surface area contributed by atoms with Crippen molar-refractivity contribution in [3.05, 3.63) is 68.7 Å². The Hall–Kier alpha value is -1.88. The monoisotopic (exact) mass is 431 g/mol. The van der Waals surface area contributed by atoms with E-state index in [1.807, 2.05) is 6.07 Å². The third kappa shape index (κ3) is 4.20. The average Bonchev–Trinajstić information content (AvgIpc) is 3.11. The molecule has 1 saturated heterocycles. The van der Waals surface area contributed by atoms with Crippen LogP contribution in [0.4, 0.5) is 0 Å². The molecule has 0 amide bonds. The first-order valence-corrected chi connectivity index (χ1v) is 10.8. The van der Waals surface area contributed by atoms with Gasteiger partial charge in [-0.3, -0.25) is 14.5 Å². The van der Waals surface area contributed by atoms with Gasteiger partial charge >= 0.3 is 5.97 Å². The highest BCUT2D eigenvalue weighted by atomic mass is 35.5. The molecule has 1 unspecified atom stereocenters. The Morgan fingerprint density at radius 1 is 1.03 bits per heavy atom. The summed E-state index contributed by atoms with van der Waals surface area (Å²) in [5.41, 5.74) is 3.95. The lowest BCUT2D eigenvalue weighted by molar-refractivity contribution is -0.143. The van der Waals surface area contributed by atoms with Gasteiger partial charge in [-0.2, -0.15) is 0 Å². The van der Waals surface area contributed by atoms with Crippen molar-refractivity contribution < 1.29 is 14.7 Å². The number of hydrogen-bond donors (Lipinski definition) is 1. The summed E-state index contributed by atoms with van der Waals surface area (Å²) in [7, 11) is 0. The van der Waals surface area contributed by atoms with Gasteiger partial charge in [0.2, 0.25) is 0 Å². The van der Waals surface area contributed by atoms with Crippen LogP contribution in [0.3, 0.4) is 0 Å². The number of Topliss-reactive ketones (excluding diaryl/α,β-unsaturated/α-hetero) is 1. The van der Waals surface area contributed by atoms with Gasteiger partial charge in [-0.25, -0.2) is 0 Å². The van der Waals surface area contributed by atoms with Gasteiger partial charge in [-0.1, -0.05) is 47.5 Å². The molecule has 0 saturated carbocycles.